The molecule has 118 valence electrons. The molecule has 3 atom stereocenters. The van der Waals surface area contributed by atoms with Crippen LogP contribution in [0.4, 0.5) is 0 Å². The van der Waals surface area contributed by atoms with Crippen molar-refractivity contribution in [2.45, 2.75) is 77.5 Å². The normalized spacial score (nSPS) is 23.8. The molecule has 1 aromatic rings. The van der Waals surface area contributed by atoms with Crippen LogP contribution in [0.15, 0.2) is 16.8 Å². The van der Waals surface area contributed by atoms with Gasteiger partial charge in [0.05, 0.1) is 6.04 Å². The van der Waals surface area contributed by atoms with Gasteiger partial charge in [0.25, 0.3) is 0 Å². The van der Waals surface area contributed by atoms with E-state index >= 15 is 0 Å². The van der Waals surface area contributed by atoms with Crippen molar-refractivity contribution in [1.29, 1.82) is 0 Å². The van der Waals surface area contributed by atoms with Crippen molar-refractivity contribution in [2.24, 2.45) is 0 Å². The zero-order chi connectivity index (χ0) is 15.2. The van der Waals surface area contributed by atoms with Crippen LogP contribution in [-0.2, 0) is 4.79 Å². The summed E-state index contributed by atoms with van der Waals surface area (Å²) in [5.74, 6) is 0.275. The highest BCUT2D eigenvalue weighted by molar-refractivity contribution is 7.07. The number of unbranched alkanes of at least 4 members (excludes halogenated alkanes) is 3. The van der Waals surface area contributed by atoms with Gasteiger partial charge in [-0.3, -0.25) is 10.1 Å². The van der Waals surface area contributed by atoms with Crippen molar-refractivity contribution in [3.8, 4) is 0 Å². The molecule has 2 heterocycles. The lowest BCUT2D eigenvalue weighted by molar-refractivity contribution is -0.132. The van der Waals surface area contributed by atoms with E-state index in [9.17, 15) is 4.79 Å². The minimum absolute atomic E-state index is 0.0204. The number of nitrogens with one attached hydrogen (secondary N) is 1. The third-order valence-corrected chi connectivity index (χ3v) is 5.11. The molecule has 3 nitrogen and oxygen atoms in total. The lowest BCUT2D eigenvalue weighted by atomic mass is 10.1. The van der Waals surface area contributed by atoms with E-state index in [2.05, 4.69) is 47.8 Å². The summed E-state index contributed by atoms with van der Waals surface area (Å²) in [5, 5.41) is 7.75. The first kappa shape index (κ1) is 16.5. The summed E-state index contributed by atoms with van der Waals surface area (Å²) in [4.78, 5) is 14.7. The Bertz CT molecular complexity index is 432. The second-order valence-corrected chi connectivity index (χ2v) is 6.81. The third kappa shape index (κ3) is 3.86. The zero-order valence-corrected chi connectivity index (χ0v) is 14.3. The van der Waals surface area contributed by atoms with Crippen LogP contribution < -0.4 is 5.32 Å². The quantitative estimate of drug-likeness (QED) is 0.726. The standard InChI is InChI=1S/C17H28N2OS/c1-4-6-7-8-9-13(3)19-16(14-10-11-21-12-14)18-15(5-2)17(19)20/h10-13,15-16,18H,4-9H2,1-3H3. The van der Waals surface area contributed by atoms with Crippen molar-refractivity contribution in [1.82, 2.24) is 10.2 Å². The van der Waals surface area contributed by atoms with Crippen molar-refractivity contribution < 1.29 is 4.79 Å². The molecule has 1 aliphatic heterocycles. The molecular formula is C17H28N2OS. The minimum Gasteiger partial charge on any atom is -0.319 e. The molecule has 1 aliphatic rings. The fourth-order valence-corrected chi connectivity index (χ4v) is 3.79. The second kappa shape index (κ2) is 7.95. The van der Waals surface area contributed by atoms with Gasteiger partial charge >= 0.3 is 0 Å². The van der Waals surface area contributed by atoms with Gasteiger partial charge < -0.3 is 4.90 Å². The monoisotopic (exact) mass is 308 g/mol. The Kier molecular flexibility index (Phi) is 6.24. The number of amides is 1. The molecule has 0 radical (unpaired) electrons. The van der Waals surface area contributed by atoms with E-state index in [0.717, 1.165) is 12.8 Å². The third-order valence-electron chi connectivity index (χ3n) is 4.41. The van der Waals surface area contributed by atoms with Gasteiger partial charge in [-0.1, -0.05) is 39.5 Å². The topological polar surface area (TPSA) is 32.3 Å². The van der Waals surface area contributed by atoms with Gasteiger partial charge in [0.15, 0.2) is 0 Å². The molecule has 21 heavy (non-hydrogen) atoms. The van der Waals surface area contributed by atoms with E-state index < -0.39 is 0 Å². The Hall–Kier alpha value is -0.870. The van der Waals surface area contributed by atoms with Gasteiger partial charge in [-0.2, -0.15) is 11.3 Å². The van der Waals surface area contributed by atoms with E-state index in [4.69, 9.17) is 0 Å². The van der Waals surface area contributed by atoms with Crippen molar-refractivity contribution in [3.63, 3.8) is 0 Å². The molecule has 4 heteroatoms. The maximum Gasteiger partial charge on any atom is 0.241 e. The molecule has 2 rings (SSSR count). The molecule has 0 aliphatic carbocycles. The molecule has 3 unspecified atom stereocenters. The minimum atomic E-state index is -0.0204. The highest BCUT2D eigenvalue weighted by Gasteiger charge is 2.40. The van der Waals surface area contributed by atoms with Crippen LogP contribution in [0.1, 0.15) is 71.0 Å². The SMILES string of the molecule is CCCCCCC(C)N1C(=O)C(CC)NC1c1ccsc1. The molecular weight excluding hydrogens is 280 g/mol. The van der Waals surface area contributed by atoms with E-state index in [1.165, 1.54) is 31.2 Å². The van der Waals surface area contributed by atoms with E-state index in [-0.39, 0.29) is 18.1 Å². The maximum atomic E-state index is 12.6. The highest BCUT2D eigenvalue weighted by Crippen LogP contribution is 2.31. The summed E-state index contributed by atoms with van der Waals surface area (Å²) < 4.78 is 0. The van der Waals surface area contributed by atoms with Crippen molar-refractivity contribution >= 4 is 17.2 Å². The van der Waals surface area contributed by atoms with Gasteiger partial charge in [-0.05, 0) is 42.2 Å². The molecule has 1 amide bonds. The Morgan fingerprint density at radius 3 is 2.76 bits per heavy atom. The molecule has 0 spiro atoms. The second-order valence-electron chi connectivity index (χ2n) is 6.03. The maximum absolute atomic E-state index is 12.6. The fraction of sp³-hybridized carbons (Fsp3) is 0.706. The fourth-order valence-electron chi connectivity index (χ4n) is 3.11. The number of hydrogen-bond acceptors (Lipinski definition) is 3. The summed E-state index contributed by atoms with van der Waals surface area (Å²) >= 11 is 1.70. The van der Waals surface area contributed by atoms with Gasteiger partial charge in [0.2, 0.25) is 5.91 Å². The summed E-state index contributed by atoms with van der Waals surface area (Å²) in [6.07, 6.45) is 7.07. The van der Waals surface area contributed by atoms with Crippen molar-refractivity contribution in [3.05, 3.63) is 22.4 Å². The van der Waals surface area contributed by atoms with E-state index in [1.54, 1.807) is 11.3 Å². The molecule has 1 aromatic heterocycles. The predicted molar refractivity (Wildman–Crippen MR) is 89.3 cm³/mol. The van der Waals surface area contributed by atoms with Gasteiger partial charge in [0.1, 0.15) is 6.17 Å². The van der Waals surface area contributed by atoms with Crippen LogP contribution in [0.25, 0.3) is 0 Å². The van der Waals surface area contributed by atoms with E-state index in [0.29, 0.717) is 6.04 Å². The molecule has 0 bridgehead atoms. The lowest BCUT2D eigenvalue weighted by Crippen LogP contribution is -2.38. The first-order valence-electron chi connectivity index (χ1n) is 8.29. The first-order chi connectivity index (χ1) is 10.2. The number of carbonyl (C=O) groups is 1. The van der Waals surface area contributed by atoms with Gasteiger partial charge in [-0.15, -0.1) is 0 Å². The van der Waals surface area contributed by atoms with Crippen molar-refractivity contribution in [2.75, 3.05) is 0 Å². The molecule has 1 fully saturated rings. The summed E-state index contributed by atoms with van der Waals surface area (Å²) in [6, 6.07) is 2.42. The van der Waals surface area contributed by atoms with Gasteiger partial charge in [-0.25, -0.2) is 0 Å². The molecule has 0 aromatic carbocycles. The van der Waals surface area contributed by atoms with Crippen LogP contribution in [0.5, 0.6) is 0 Å². The van der Waals surface area contributed by atoms with Crippen LogP contribution in [-0.4, -0.2) is 22.9 Å². The largest absolute Gasteiger partial charge is 0.319 e. The average Bonchev–Trinajstić information content (AvgIpc) is 3.10. The molecule has 0 saturated carbocycles. The van der Waals surface area contributed by atoms with E-state index in [1.807, 2.05) is 0 Å². The number of hydrogen-bond donors (Lipinski definition) is 1. The molecule has 1 N–H and O–H groups in total. The number of nitrogens with zero attached hydrogens (tertiary/aromatic N) is 1. The van der Waals surface area contributed by atoms with Crippen LogP contribution >= 0.6 is 11.3 Å². The number of rotatable bonds is 8. The summed E-state index contributed by atoms with van der Waals surface area (Å²) in [6.45, 7) is 6.51. The van der Waals surface area contributed by atoms with Gasteiger partial charge in [0, 0.05) is 6.04 Å². The average molecular weight is 308 g/mol. The zero-order valence-electron chi connectivity index (χ0n) is 13.5. The van der Waals surface area contributed by atoms with Crippen LogP contribution in [0, 0.1) is 0 Å². The smallest absolute Gasteiger partial charge is 0.241 e. The Morgan fingerprint density at radius 1 is 1.33 bits per heavy atom. The Balaban J connectivity index is 2.03. The number of carbonyl (C=O) groups excluding carboxylic acids is 1. The highest BCUT2D eigenvalue weighted by atomic mass is 32.1. The summed E-state index contributed by atoms with van der Waals surface area (Å²) in [7, 11) is 0. The Labute approximate surface area is 132 Å². The predicted octanol–water partition coefficient (Wildman–Crippen LogP) is 4.32. The lowest BCUT2D eigenvalue weighted by Gasteiger charge is -2.30. The van der Waals surface area contributed by atoms with Crippen LogP contribution in [0.2, 0.25) is 0 Å². The van der Waals surface area contributed by atoms with Crippen LogP contribution in [0.3, 0.4) is 0 Å². The number of thiophene rings is 1. The Morgan fingerprint density at radius 2 is 2.14 bits per heavy atom. The first-order valence-corrected chi connectivity index (χ1v) is 9.23. The molecule has 1 saturated heterocycles. The summed E-state index contributed by atoms with van der Waals surface area (Å²) in [5.41, 5.74) is 1.23.